The molecule has 0 radical (unpaired) electrons. The number of hydrogen-bond donors (Lipinski definition) is 0. The molecule has 0 bridgehead atoms. The first-order valence-electron chi connectivity index (χ1n) is 19.3. The van der Waals surface area contributed by atoms with E-state index in [0.717, 1.165) is 5.69 Å². The van der Waals surface area contributed by atoms with Crippen LogP contribution < -0.4 is 26.2 Å². The summed E-state index contributed by atoms with van der Waals surface area (Å²) in [4.78, 5) is 4.99. The van der Waals surface area contributed by atoms with E-state index in [-0.39, 0.29) is 6.71 Å². The van der Waals surface area contributed by atoms with Crippen LogP contribution in [0.5, 0.6) is 0 Å². The molecule has 0 spiro atoms. The van der Waals surface area contributed by atoms with E-state index < -0.39 is 5.41 Å². The summed E-state index contributed by atoms with van der Waals surface area (Å²) in [5, 5.41) is 0. The lowest BCUT2D eigenvalue weighted by atomic mass is 9.33. The summed E-state index contributed by atoms with van der Waals surface area (Å²) in [6.45, 7) is 6.71. The highest BCUT2D eigenvalue weighted by molar-refractivity contribution is 7.00. The molecule has 0 saturated heterocycles. The molecule has 262 valence electrons. The lowest BCUT2D eigenvalue weighted by Crippen LogP contribution is -2.61. The Morgan fingerprint density at radius 2 is 0.818 bits per heavy atom. The molecule has 55 heavy (non-hydrogen) atoms. The highest BCUT2D eigenvalue weighted by Crippen LogP contribution is 2.48. The Kier molecular flexibility index (Phi) is 7.85. The number of aryl methyl sites for hydroxylation is 3. The van der Waals surface area contributed by atoms with Crippen LogP contribution in [0.4, 0.5) is 34.1 Å². The fourth-order valence-electron chi connectivity index (χ4n) is 9.55. The van der Waals surface area contributed by atoms with Crippen molar-refractivity contribution < 1.29 is 0 Å². The third kappa shape index (κ3) is 5.18. The Balaban J connectivity index is 1.19. The van der Waals surface area contributed by atoms with Crippen LogP contribution in [0.25, 0.3) is 0 Å². The van der Waals surface area contributed by atoms with Crippen LogP contribution in [0.15, 0.2) is 194 Å². The molecular weight excluding hydrogens is 663 g/mol. The van der Waals surface area contributed by atoms with Crippen LogP contribution in [0.2, 0.25) is 0 Å². The highest BCUT2D eigenvalue weighted by Gasteiger charge is 2.43. The molecule has 0 unspecified atom stereocenters. The highest BCUT2D eigenvalue weighted by atomic mass is 15.2. The quantitative estimate of drug-likeness (QED) is 0.126. The van der Waals surface area contributed by atoms with Gasteiger partial charge in [-0.1, -0.05) is 146 Å². The molecule has 2 aliphatic heterocycles. The molecule has 2 aliphatic rings. The molecule has 0 amide bonds. The first-order chi connectivity index (χ1) is 27.0. The maximum Gasteiger partial charge on any atom is 0.252 e. The van der Waals surface area contributed by atoms with E-state index in [1.165, 1.54) is 83.8 Å². The van der Waals surface area contributed by atoms with Crippen LogP contribution in [-0.2, 0) is 5.41 Å². The van der Waals surface area contributed by atoms with Crippen LogP contribution in [0.3, 0.4) is 0 Å². The monoisotopic (exact) mass is 704 g/mol. The smallest absolute Gasteiger partial charge is 0.252 e. The third-order valence-electron chi connectivity index (χ3n) is 11.7. The fourth-order valence-corrected chi connectivity index (χ4v) is 9.55. The molecule has 3 heteroatoms. The summed E-state index contributed by atoms with van der Waals surface area (Å²) < 4.78 is 0. The number of rotatable bonds is 6. The fraction of sp³-hybridized carbons (Fsp3) is 0.0769. The minimum Gasteiger partial charge on any atom is -0.311 e. The van der Waals surface area contributed by atoms with Crippen molar-refractivity contribution in [3.63, 3.8) is 0 Å². The second-order valence-electron chi connectivity index (χ2n) is 15.2. The molecule has 10 rings (SSSR count). The van der Waals surface area contributed by atoms with E-state index in [1.807, 2.05) is 0 Å². The van der Waals surface area contributed by atoms with Crippen molar-refractivity contribution in [3.05, 3.63) is 233 Å². The summed E-state index contributed by atoms with van der Waals surface area (Å²) in [6.07, 6.45) is 0. The largest absolute Gasteiger partial charge is 0.311 e. The second kappa shape index (κ2) is 13.1. The summed E-state index contributed by atoms with van der Waals surface area (Å²) in [6, 6.07) is 72.1. The van der Waals surface area contributed by atoms with E-state index in [1.54, 1.807) is 0 Å². The molecule has 2 nitrogen and oxygen atoms in total. The van der Waals surface area contributed by atoms with Gasteiger partial charge >= 0.3 is 0 Å². The Hall–Kier alpha value is -6.58. The lowest BCUT2D eigenvalue weighted by Gasteiger charge is -2.44. The van der Waals surface area contributed by atoms with Gasteiger partial charge in [0.1, 0.15) is 0 Å². The van der Waals surface area contributed by atoms with Gasteiger partial charge in [-0.3, -0.25) is 0 Å². The van der Waals surface area contributed by atoms with Crippen molar-refractivity contribution in [1.29, 1.82) is 0 Å². The van der Waals surface area contributed by atoms with Gasteiger partial charge in [0.05, 0.1) is 5.41 Å². The Bertz CT molecular complexity index is 2570. The van der Waals surface area contributed by atoms with Crippen molar-refractivity contribution in [1.82, 2.24) is 0 Å². The number of hydrogen-bond acceptors (Lipinski definition) is 2. The Labute approximate surface area is 325 Å². The second-order valence-corrected chi connectivity index (χ2v) is 15.2. The number of anilines is 6. The standard InChI is InChI=1S/C52H41BN2/c1-36-26-31-46-50(35-36)55(44-33-37(2)32-38(3)34-44)49-25-15-24-48-51(49)53(46)45-22-13-14-23-47(45)54(48)43-29-27-42(28-30-43)52(39-16-7-4-8-17-39,40-18-9-5-10-19-40)41-20-11-6-12-21-41/h4-35H,1-3H3. The number of benzene rings is 8. The summed E-state index contributed by atoms with van der Waals surface area (Å²) in [5.41, 5.74) is 19.5. The third-order valence-corrected chi connectivity index (χ3v) is 11.7. The van der Waals surface area contributed by atoms with E-state index in [4.69, 9.17) is 0 Å². The minimum absolute atomic E-state index is 0.109. The van der Waals surface area contributed by atoms with Crippen LogP contribution >= 0.6 is 0 Å². The normalized spacial score (nSPS) is 12.9. The maximum absolute atomic E-state index is 2.50. The van der Waals surface area contributed by atoms with E-state index in [9.17, 15) is 0 Å². The van der Waals surface area contributed by atoms with Crippen LogP contribution in [0.1, 0.15) is 38.9 Å². The average Bonchev–Trinajstić information content (AvgIpc) is 3.22. The van der Waals surface area contributed by atoms with Gasteiger partial charge in [0, 0.05) is 34.1 Å². The summed E-state index contributed by atoms with van der Waals surface area (Å²) in [5.74, 6) is 0. The molecule has 8 aromatic rings. The topological polar surface area (TPSA) is 6.48 Å². The van der Waals surface area contributed by atoms with E-state index in [2.05, 4.69) is 225 Å². The summed E-state index contributed by atoms with van der Waals surface area (Å²) >= 11 is 0. The first-order valence-corrected chi connectivity index (χ1v) is 19.3. The molecule has 0 saturated carbocycles. The van der Waals surface area contributed by atoms with E-state index >= 15 is 0 Å². The van der Waals surface area contributed by atoms with Gasteiger partial charge in [-0.25, -0.2) is 0 Å². The predicted octanol–water partition coefficient (Wildman–Crippen LogP) is 11.1. The lowest BCUT2D eigenvalue weighted by molar-refractivity contribution is 0.745. The molecular formula is C52H41BN2. The number of nitrogens with zero attached hydrogens (tertiary/aromatic N) is 2. The zero-order valence-corrected chi connectivity index (χ0v) is 31.4. The van der Waals surface area contributed by atoms with Crippen molar-refractivity contribution in [2.75, 3.05) is 9.80 Å². The number of fused-ring (bicyclic) bond motifs is 4. The summed E-state index contributed by atoms with van der Waals surface area (Å²) in [7, 11) is 0. The van der Waals surface area contributed by atoms with Gasteiger partial charge in [0.25, 0.3) is 6.71 Å². The molecule has 0 atom stereocenters. The Morgan fingerprint density at radius 1 is 0.345 bits per heavy atom. The SMILES string of the molecule is Cc1cc(C)cc(N2c3cc(C)ccc3B3c4ccccc4N(c4ccc(C(c5ccccc5)(c5ccccc5)c5ccccc5)cc4)c4cccc2c43)c1. The van der Waals surface area contributed by atoms with Gasteiger partial charge < -0.3 is 9.80 Å². The minimum atomic E-state index is -0.507. The average molecular weight is 705 g/mol. The molecule has 0 aliphatic carbocycles. The van der Waals surface area contributed by atoms with Gasteiger partial charge in [-0.05, 0) is 125 Å². The Morgan fingerprint density at radius 3 is 1.40 bits per heavy atom. The maximum atomic E-state index is 2.50. The molecule has 2 heterocycles. The molecule has 0 fully saturated rings. The first kappa shape index (κ1) is 33.0. The van der Waals surface area contributed by atoms with E-state index in [0.29, 0.717) is 0 Å². The molecule has 8 aromatic carbocycles. The molecule has 0 N–H and O–H groups in total. The van der Waals surface area contributed by atoms with Crippen molar-refractivity contribution in [2.45, 2.75) is 26.2 Å². The van der Waals surface area contributed by atoms with Crippen LogP contribution in [-0.4, -0.2) is 6.71 Å². The van der Waals surface area contributed by atoms with Crippen molar-refractivity contribution in [2.24, 2.45) is 0 Å². The van der Waals surface area contributed by atoms with Crippen molar-refractivity contribution in [3.8, 4) is 0 Å². The predicted molar refractivity (Wildman–Crippen MR) is 233 cm³/mol. The zero-order valence-electron chi connectivity index (χ0n) is 31.4. The van der Waals surface area contributed by atoms with Gasteiger partial charge in [0.15, 0.2) is 0 Å². The zero-order chi connectivity index (χ0) is 37.1. The van der Waals surface area contributed by atoms with Gasteiger partial charge in [-0.2, -0.15) is 0 Å². The van der Waals surface area contributed by atoms with Gasteiger partial charge in [-0.15, -0.1) is 0 Å². The molecule has 0 aromatic heterocycles. The van der Waals surface area contributed by atoms with Crippen molar-refractivity contribution >= 4 is 57.2 Å². The van der Waals surface area contributed by atoms with Gasteiger partial charge in [0.2, 0.25) is 0 Å². The van der Waals surface area contributed by atoms with Crippen LogP contribution in [0, 0.1) is 20.8 Å². The number of para-hydroxylation sites is 1.